The second-order valence-corrected chi connectivity index (χ2v) is 1.40. The van der Waals surface area contributed by atoms with E-state index in [1.54, 1.807) is 0 Å². The van der Waals surface area contributed by atoms with Crippen molar-refractivity contribution in [3.63, 3.8) is 0 Å². The first-order valence-electron chi connectivity index (χ1n) is 1.64. The van der Waals surface area contributed by atoms with E-state index in [0.717, 1.165) is 0 Å². The van der Waals surface area contributed by atoms with Crippen LogP contribution in [0.3, 0.4) is 0 Å². The summed E-state index contributed by atoms with van der Waals surface area (Å²) < 4.78 is 33.7. The lowest BCUT2D eigenvalue weighted by Gasteiger charge is -1.92. The molecular formula is C3H3ClF3N. The van der Waals surface area contributed by atoms with Gasteiger partial charge in [-0.1, -0.05) is 11.6 Å². The summed E-state index contributed by atoms with van der Waals surface area (Å²) in [5.41, 5.74) is 4.43. The predicted octanol–water partition coefficient (Wildman–Crippen LogP) is 1.59. The third-order valence-electron chi connectivity index (χ3n) is 0.420. The largest absolute Gasteiger partial charge is 0.387 e. The number of nitrogens with two attached hydrogens (primary N) is 1. The molecule has 0 aliphatic heterocycles. The van der Waals surface area contributed by atoms with E-state index < -0.39 is 17.4 Å². The van der Waals surface area contributed by atoms with Gasteiger partial charge in [-0.3, -0.25) is 0 Å². The summed E-state index contributed by atoms with van der Waals surface area (Å²) in [5, 5.41) is -0.986. The molecule has 1 nitrogen and oxygen atoms in total. The minimum atomic E-state index is -3.20. The average Bonchev–Trinajstić information content (AvgIpc) is 1.64. The monoisotopic (exact) mass is 145 g/mol. The lowest BCUT2D eigenvalue weighted by molar-refractivity contribution is 0.158. The minimum Gasteiger partial charge on any atom is -0.387 e. The van der Waals surface area contributed by atoms with Crippen molar-refractivity contribution < 1.29 is 13.2 Å². The molecule has 0 radical (unpaired) electrons. The number of halogens is 4. The molecule has 0 amide bonds. The highest BCUT2D eigenvalue weighted by atomic mass is 35.5. The van der Waals surface area contributed by atoms with Gasteiger partial charge >= 0.3 is 0 Å². The van der Waals surface area contributed by atoms with E-state index in [0.29, 0.717) is 0 Å². The zero-order chi connectivity index (χ0) is 6.73. The van der Waals surface area contributed by atoms with E-state index in [2.05, 4.69) is 17.3 Å². The van der Waals surface area contributed by atoms with Crippen LogP contribution < -0.4 is 5.73 Å². The molecule has 2 N–H and O–H groups in total. The molecule has 0 saturated carbocycles. The summed E-state index contributed by atoms with van der Waals surface area (Å²) in [6.07, 6.45) is -3.20. The highest BCUT2D eigenvalue weighted by Crippen LogP contribution is 2.13. The van der Waals surface area contributed by atoms with Crippen molar-refractivity contribution in [3.05, 3.63) is 11.0 Å². The topological polar surface area (TPSA) is 26.0 Å². The smallest absolute Gasteiger partial charge is 0.292 e. The van der Waals surface area contributed by atoms with Gasteiger partial charge in [0.1, 0.15) is 5.16 Å². The average molecular weight is 146 g/mol. The van der Waals surface area contributed by atoms with Crippen LogP contribution in [0.5, 0.6) is 0 Å². The van der Waals surface area contributed by atoms with E-state index in [9.17, 15) is 13.2 Å². The molecule has 0 aliphatic carbocycles. The van der Waals surface area contributed by atoms with E-state index in [4.69, 9.17) is 0 Å². The van der Waals surface area contributed by atoms with Crippen LogP contribution in [0.4, 0.5) is 13.2 Å². The zero-order valence-corrected chi connectivity index (χ0v) is 4.42. The van der Waals surface area contributed by atoms with E-state index >= 15 is 0 Å². The molecule has 0 fully saturated rings. The van der Waals surface area contributed by atoms with Crippen molar-refractivity contribution in [2.24, 2.45) is 5.73 Å². The summed E-state index contributed by atoms with van der Waals surface area (Å²) in [6.45, 7) is 0. The maximum Gasteiger partial charge on any atom is 0.292 e. The molecule has 48 valence electrons. The summed E-state index contributed by atoms with van der Waals surface area (Å²) in [4.78, 5) is 0. The highest BCUT2D eigenvalue weighted by Gasteiger charge is 2.12. The Kier molecular flexibility index (Phi) is 2.68. The lowest BCUT2D eigenvalue weighted by atomic mass is 10.6. The van der Waals surface area contributed by atoms with Crippen LogP contribution in [0.15, 0.2) is 11.0 Å². The van der Waals surface area contributed by atoms with E-state index in [1.165, 1.54) is 0 Å². The molecule has 0 unspecified atom stereocenters. The Labute approximate surface area is 48.9 Å². The van der Waals surface area contributed by atoms with E-state index in [1.807, 2.05) is 0 Å². The van der Waals surface area contributed by atoms with Crippen molar-refractivity contribution in [1.29, 1.82) is 0 Å². The highest BCUT2D eigenvalue weighted by molar-refractivity contribution is 6.29. The van der Waals surface area contributed by atoms with Crippen LogP contribution in [0, 0.1) is 0 Å². The molecule has 0 heterocycles. The van der Waals surface area contributed by atoms with Gasteiger partial charge in [0.25, 0.3) is 6.43 Å². The zero-order valence-electron chi connectivity index (χ0n) is 3.67. The maximum atomic E-state index is 11.5. The molecule has 0 atom stereocenters. The van der Waals surface area contributed by atoms with Gasteiger partial charge in [-0.25, -0.2) is 13.2 Å². The van der Waals surface area contributed by atoms with Gasteiger partial charge in [0.15, 0.2) is 0 Å². The third kappa shape index (κ3) is 2.07. The van der Waals surface area contributed by atoms with Gasteiger partial charge in [0.2, 0.25) is 5.83 Å². The number of hydrogen-bond donors (Lipinski definition) is 1. The Morgan fingerprint density at radius 1 is 1.50 bits per heavy atom. The van der Waals surface area contributed by atoms with Gasteiger partial charge in [0.05, 0.1) is 0 Å². The summed E-state index contributed by atoms with van der Waals surface area (Å²) in [7, 11) is 0. The van der Waals surface area contributed by atoms with Gasteiger partial charge in [-0.05, 0) is 0 Å². The number of rotatable bonds is 1. The molecule has 0 aromatic heterocycles. The molecule has 0 saturated heterocycles. The SMILES string of the molecule is N/C(Cl)=C(\F)C(F)F. The quantitative estimate of drug-likeness (QED) is 0.557. The standard InChI is InChI=1S/C3H3ClF3N/c4-2(8)1(5)3(6)7/h3H,8H2/b2-1-. The van der Waals surface area contributed by atoms with Gasteiger partial charge in [-0.15, -0.1) is 0 Å². The molecule has 0 aromatic carbocycles. The first-order valence-corrected chi connectivity index (χ1v) is 2.02. The van der Waals surface area contributed by atoms with Gasteiger partial charge < -0.3 is 5.73 Å². The van der Waals surface area contributed by atoms with Crippen molar-refractivity contribution in [1.82, 2.24) is 0 Å². The lowest BCUT2D eigenvalue weighted by Crippen LogP contribution is -1.99. The summed E-state index contributed by atoms with van der Waals surface area (Å²) in [6, 6.07) is 0. The van der Waals surface area contributed by atoms with Crippen molar-refractivity contribution >= 4 is 11.6 Å². The fraction of sp³-hybridized carbons (Fsp3) is 0.333. The molecule has 0 aromatic rings. The Morgan fingerprint density at radius 3 is 1.88 bits per heavy atom. The third-order valence-corrected chi connectivity index (χ3v) is 0.600. The molecule has 5 heteroatoms. The Bertz CT molecular complexity index is 107. The Morgan fingerprint density at radius 2 is 1.88 bits per heavy atom. The molecular weight excluding hydrogens is 142 g/mol. The molecule has 0 aliphatic rings. The fourth-order valence-electron chi connectivity index (χ4n) is 0.104. The van der Waals surface area contributed by atoms with Crippen molar-refractivity contribution in [2.75, 3.05) is 0 Å². The second kappa shape index (κ2) is 2.81. The fourth-order valence-corrected chi connectivity index (χ4v) is 0.187. The normalized spacial score (nSPS) is 14.1. The Balaban J connectivity index is 4.00. The van der Waals surface area contributed by atoms with Gasteiger partial charge in [-0.2, -0.15) is 0 Å². The van der Waals surface area contributed by atoms with Gasteiger partial charge in [0, 0.05) is 0 Å². The first-order chi connectivity index (χ1) is 3.55. The molecule has 0 bridgehead atoms. The minimum absolute atomic E-state index is 0.986. The second-order valence-electron chi connectivity index (χ2n) is 0.997. The van der Waals surface area contributed by atoms with Crippen LogP contribution in [-0.2, 0) is 0 Å². The van der Waals surface area contributed by atoms with E-state index in [-0.39, 0.29) is 0 Å². The van der Waals surface area contributed by atoms with Crippen LogP contribution in [0.1, 0.15) is 0 Å². The number of hydrogen-bond acceptors (Lipinski definition) is 1. The van der Waals surface area contributed by atoms with Crippen molar-refractivity contribution in [3.8, 4) is 0 Å². The number of alkyl halides is 2. The maximum absolute atomic E-state index is 11.5. The van der Waals surface area contributed by atoms with Crippen LogP contribution in [-0.4, -0.2) is 6.43 Å². The first kappa shape index (κ1) is 7.62. The van der Waals surface area contributed by atoms with Crippen molar-refractivity contribution in [2.45, 2.75) is 6.43 Å². The number of allylic oxidation sites excluding steroid dienone is 1. The molecule has 0 spiro atoms. The van der Waals surface area contributed by atoms with Crippen LogP contribution >= 0.6 is 11.6 Å². The molecule has 0 rings (SSSR count). The molecule has 8 heavy (non-hydrogen) atoms. The van der Waals surface area contributed by atoms with Crippen LogP contribution in [0.25, 0.3) is 0 Å². The Hall–Kier alpha value is -0.380. The predicted molar refractivity (Wildman–Crippen MR) is 24.2 cm³/mol. The van der Waals surface area contributed by atoms with Crippen LogP contribution in [0.2, 0.25) is 0 Å². The summed E-state index contributed by atoms with van der Waals surface area (Å²) in [5.74, 6) is -1.77. The summed E-state index contributed by atoms with van der Waals surface area (Å²) >= 11 is 4.63.